The van der Waals surface area contributed by atoms with Crippen molar-refractivity contribution in [1.29, 1.82) is 0 Å². The molecular formula is C27H45N7. The second kappa shape index (κ2) is 12.3. The van der Waals surface area contributed by atoms with Crippen LogP contribution >= 0.6 is 0 Å². The first kappa shape index (κ1) is 26.1. The lowest BCUT2D eigenvalue weighted by molar-refractivity contribution is 0.311. The van der Waals surface area contributed by atoms with E-state index in [0.29, 0.717) is 5.92 Å². The molecule has 0 radical (unpaired) electrons. The monoisotopic (exact) mass is 467 g/mol. The number of nitrogens with one attached hydrogen (secondary N) is 3. The van der Waals surface area contributed by atoms with Crippen LogP contribution in [0.2, 0.25) is 0 Å². The van der Waals surface area contributed by atoms with Crippen molar-refractivity contribution < 1.29 is 0 Å². The summed E-state index contributed by atoms with van der Waals surface area (Å²) in [5.74, 6) is 8.04. The Labute approximate surface area is 205 Å². The van der Waals surface area contributed by atoms with E-state index >= 15 is 0 Å². The quantitative estimate of drug-likeness (QED) is 0.289. The molecule has 2 aliphatic carbocycles. The molecule has 0 bridgehead atoms. The van der Waals surface area contributed by atoms with E-state index < -0.39 is 0 Å². The summed E-state index contributed by atoms with van der Waals surface area (Å²) in [7, 11) is 0. The summed E-state index contributed by atoms with van der Waals surface area (Å²) in [4.78, 5) is 9.87. The molecule has 7 heteroatoms. The van der Waals surface area contributed by atoms with Gasteiger partial charge >= 0.3 is 0 Å². The molecule has 7 nitrogen and oxygen atoms in total. The highest BCUT2D eigenvalue weighted by Gasteiger charge is 2.26. The lowest BCUT2D eigenvalue weighted by atomic mass is 9.80. The van der Waals surface area contributed by atoms with E-state index in [9.17, 15) is 0 Å². The molecule has 3 aliphatic rings. The third-order valence-electron chi connectivity index (χ3n) is 6.98. The van der Waals surface area contributed by atoms with Crippen LogP contribution in [0.1, 0.15) is 78.2 Å². The van der Waals surface area contributed by atoms with E-state index in [1.807, 2.05) is 12.3 Å². The molecule has 0 saturated heterocycles. The fourth-order valence-electron chi connectivity index (χ4n) is 4.95. The first-order chi connectivity index (χ1) is 16.4. The van der Waals surface area contributed by atoms with Crippen LogP contribution in [0.5, 0.6) is 0 Å². The predicted molar refractivity (Wildman–Crippen MR) is 144 cm³/mol. The number of hydrogen-bond acceptors (Lipinski definition) is 6. The van der Waals surface area contributed by atoms with Gasteiger partial charge in [-0.15, -0.1) is 0 Å². The number of hydrogen-bond donors (Lipinski definition) is 5. The van der Waals surface area contributed by atoms with Crippen molar-refractivity contribution in [3.8, 4) is 0 Å². The van der Waals surface area contributed by atoms with Crippen LogP contribution in [0.3, 0.4) is 0 Å². The van der Waals surface area contributed by atoms with Gasteiger partial charge in [-0.3, -0.25) is 5.84 Å². The topological polar surface area (TPSA) is 107 Å². The van der Waals surface area contributed by atoms with Crippen LogP contribution in [0.4, 0.5) is 5.82 Å². The Hall–Kier alpha value is -2.51. The van der Waals surface area contributed by atoms with E-state index in [-0.39, 0.29) is 5.54 Å². The van der Waals surface area contributed by atoms with E-state index in [4.69, 9.17) is 11.6 Å². The fraction of sp³-hybridized carbons (Fsp3) is 0.593. The molecule has 7 N–H and O–H groups in total. The van der Waals surface area contributed by atoms with Gasteiger partial charge in [-0.05, 0) is 57.1 Å². The number of aromatic nitrogens is 1. The molecule has 1 aliphatic heterocycles. The molecule has 4 rings (SSSR count). The maximum atomic E-state index is 6.04. The van der Waals surface area contributed by atoms with Gasteiger partial charge in [0.25, 0.3) is 0 Å². The molecule has 188 valence electrons. The fourth-order valence-corrected chi connectivity index (χ4v) is 4.95. The largest absolute Gasteiger partial charge is 0.372 e. The predicted octanol–water partition coefficient (Wildman–Crippen LogP) is 4.91. The van der Waals surface area contributed by atoms with Crippen molar-refractivity contribution in [2.24, 2.45) is 28.4 Å². The van der Waals surface area contributed by atoms with Gasteiger partial charge in [0, 0.05) is 42.0 Å². The molecule has 0 spiro atoms. The number of fused-ring (bicyclic) bond motifs is 1. The van der Waals surface area contributed by atoms with E-state index in [2.05, 4.69) is 71.5 Å². The van der Waals surface area contributed by atoms with Crippen molar-refractivity contribution in [3.05, 3.63) is 47.4 Å². The normalized spacial score (nSPS) is 27.1. The van der Waals surface area contributed by atoms with Gasteiger partial charge in [-0.25, -0.2) is 4.99 Å². The second-order valence-electron chi connectivity index (χ2n) is 10.2. The SMILES string of the molecule is CC1CCC(/C(NN)=C2/NC=Nc3[nH]ccc32)CC1.CCCN(CCC)C1=CCC(C)(N)C=C1. The zero-order valence-electron chi connectivity index (χ0n) is 21.5. The molecule has 1 atom stereocenters. The van der Waals surface area contributed by atoms with Gasteiger partial charge in [0.1, 0.15) is 5.82 Å². The van der Waals surface area contributed by atoms with Gasteiger partial charge in [0.15, 0.2) is 0 Å². The van der Waals surface area contributed by atoms with E-state index in [1.165, 1.54) is 44.2 Å². The molecule has 34 heavy (non-hydrogen) atoms. The van der Waals surface area contributed by atoms with E-state index in [0.717, 1.165) is 48.2 Å². The Balaban J connectivity index is 0.000000197. The number of nitrogens with two attached hydrogens (primary N) is 2. The van der Waals surface area contributed by atoms with Crippen LogP contribution in [-0.2, 0) is 0 Å². The van der Waals surface area contributed by atoms with Gasteiger partial charge < -0.3 is 26.4 Å². The molecule has 0 aromatic carbocycles. The maximum Gasteiger partial charge on any atom is 0.141 e. The van der Waals surface area contributed by atoms with Crippen molar-refractivity contribution in [1.82, 2.24) is 20.6 Å². The average molecular weight is 468 g/mol. The minimum Gasteiger partial charge on any atom is -0.372 e. The zero-order chi connectivity index (χ0) is 24.6. The van der Waals surface area contributed by atoms with Crippen molar-refractivity contribution >= 4 is 17.9 Å². The Morgan fingerprint density at radius 1 is 1.21 bits per heavy atom. The van der Waals surface area contributed by atoms with Crippen molar-refractivity contribution in [3.63, 3.8) is 0 Å². The number of aromatic amines is 1. The molecular weight excluding hydrogens is 422 g/mol. The summed E-state index contributed by atoms with van der Waals surface area (Å²) >= 11 is 0. The lowest BCUT2D eigenvalue weighted by Crippen LogP contribution is -2.36. The molecule has 1 aromatic heterocycles. The van der Waals surface area contributed by atoms with Crippen molar-refractivity contribution in [2.75, 3.05) is 13.1 Å². The summed E-state index contributed by atoms with van der Waals surface area (Å²) in [6.45, 7) is 11.1. The Morgan fingerprint density at radius 2 is 1.91 bits per heavy atom. The first-order valence-electron chi connectivity index (χ1n) is 13.0. The molecule has 1 unspecified atom stereocenters. The second-order valence-corrected chi connectivity index (χ2v) is 10.2. The summed E-state index contributed by atoms with van der Waals surface area (Å²) in [6.07, 6.45) is 18.5. The minimum atomic E-state index is -0.145. The van der Waals surface area contributed by atoms with Gasteiger partial charge in [0.2, 0.25) is 0 Å². The minimum absolute atomic E-state index is 0.145. The van der Waals surface area contributed by atoms with Crippen LogP contribution in [-0.4, -0.2) is 34.9 Å². The van der Waals surface area contributed by atoms with Gasteiger partial charge in [0.05, 0.1) is 17.7 Å². The number of aliphatic imine (C=N–C) groups is 1. The first-order valence-corrected chi connectivity index (χ1v) is 13.0. The summed E-state index contributed by atoms with van der Waals surface area (Å²) < 4.78 is 0. The molecule has 1 aromatic rings. The zero-order valence-corrected chi connectivity index (χ0v) is 21.5. The number of H-pyrrole nitrogens is 1. The third-order valence-corrected chi connectivity index (χ3v) is 6.98. The van der Waals surface area contributed by atoms with Gasteiger partial charge in [-0.1, -0.05) is 45.8 Å². The number of rotatable bonds is 7. The van der Waals surface area contributed by atoms with E-state index in [1.54, 1.807) is 6.34 Å². The van der Waals surface area contributed by atoms with Crippen molar-refractivity contribution in [2.45, 2.75) is 78.2 Å². The summed E-state index contributed by atoms with van der Waals surface area (Å²) in [5.41, 5.74) is 13.4. The Bertz CT molecular complexity index is 892. The molecule has 1 fully saturated rings. The number of hydrazine groups is 1. The average Bonchev–Trinajstić information content (AvgIpc) is 3.31. The highest BCUT2D eigenvalue weighted by atomic mass is 15.2. The van der Waals surface area contributed by atoms with Crippen LogP contribution in [0.15, 0.2) is 46.9 Å². The molecule has 2 heterocycles. The van der Waals surface area contributed by atoms with Crippen LogP contribution in [0, 0.1) is 11.8 Å². The molecule has 1 saturated carbocycles. The summed E-state index contributed by atoms with van der Waals surface area (Å²) in [6, 6.07) is 2.04. The number of allylic oxidation sites excluding steroid dienone is 2. The smallest absolute Gasteiger partial charge is 0.141 e. The molecule has 0 amide bonds. The third kappa shape index (κ3) is 6.76. The number of nitrogens with zero attached hydrogens (tertiary/aromatic N) is 2. The highest BCUT2D eigenvalue weighted by molar-refractivity contribution is 5.87. The Kier molecular flexibility index (Phi) is 9.42. The standard InChI is InChI=1S/C14H21N5.C13H24N2/c1-9-2-4-10(5-3-9)12(19-15)13-11-6-7-16-14(11)18-8-17-13;1-4-10-15(11-5-2)12-6-8-13(3,14)9-7-12/h6-10,16,19H,2-5,15H2,1H3,(H,17,18);6-8H,4-5,9-11,14H2,1-3H3/b13-12-;. The lowest BCUT2D eigenvalue weighted by Gasteiger charge is -2.30. The van der Waals surface area contributed by atoms with Crippen LogP contribution in [0.25, 0.3) is 5.70 Å². The van der Waals surface area contributed by atoms with Gasteiger partial charge in [-0.2, -0.15) is 0 Å². The highest BCUT2D eigenvalue weighted by Crippen LogP contribution is 2.36. The van der Waals surface area contributed by atoms with Crippen LogP contribution < -0.4 is 22.3 Å². The Morgan fingerprint density at radius 3 is 2.50 bits per heavy atom. The summed E-state index contributed by atoms with van der Waals surface area (Å²) in [5, 5.41) is 3.25. The maximum absolute atomic E-state index is 6.04.